The fraction of sp³-hybridized carbons (Fsp3) is 0.400. The maximum Gasteiger partial charge on any atom is 0.280 e. The molecule has 0 atom stereocenters. The molecule has 1 amide bonds. The van der Waals surface area contributed by atoms with E-state index in [9.17, 15) is 4.79 Å². The Morgan fingerprint density at radius 3 is 2.93 bits per heavy atom. The van der Waals surface area contributed by atoms with Crippen molar-refractivity contribution in [2.24, 2.45) is 5.92 Å². The van der Waals surface area contributed by atoms with Crippen molar-refractivity contribution in [1.82, 2.24) is 20.5 Å². The normalized spacial score (nSPS) is 16.8. The maximum absolute atomic E-state index is 12.4. The fourth-order valence-electron chi connectivity index (χ4n) is 3.80. The van der Waals surface area contributed by atoms with E-state index in [1.54, 1.807) is 0 Å². The minimum absolute atomic E-state index is 0.0803. The second kappa shape index (κ2) is 6.88. The number of nitrogens with one attached hydrogen (secondary N) is 1. The summed E-state index contributed by atoms with van der Waals surface area (Å²) in [6.07, 6.45) is 4.65. The minimum atomic E-state index is -0.0803. The van der Waals surface area contributed by atoms with Gasteiger partial charge in [-0.2, -0.15) is 5.10 Å². The molecule has 138 valence electrons. The van der Waals surface area contributed by atoms with Gasteiger partial charge in [0.2, 0.25) is 0 Å². The molecule has 2 aromatic heterocycles. The van der Waals surface area contributed by atoms with Crippen LogP contribution in [-0.2, 0) is 12.8 Å². The molecule has 27 heavy (non-hydrogen) atoms. The summed E-state index contributed by atoms with van der Waals surface area (Å²) in [4.78, 5) is 19.0. The van der Waals surface area contributed by atoms with E-state index >= 15 is 0 Å². The third-order valence-corrected chi connectivity index (χ3v) is 6.41. The highest BCUT2D eigenvalue weighted by molar-refractivity contribution is 7.20. The van der Waals surface area contributed by atoms with Gasteiger partial charge in [0.25, 0.3) is 5.91 Å². The number of fused-ring (bicyclic) bond motifs is 2. The smallest absolute Gasteiger partial charge is 0.280 e. The monoisotopic (exact) mass is 379 g/mol. The number of anilines is 1. The van der Waals surface area contributed by atoms with Crippen molar-refractivity contribution in [1.29, 1.82) is 0 Å². The van der Waals surface area contributed by atoms with Crippen molar-refractivity contribution in [2.75, 3.05) is 24.5 Å². The lowest BCUT2D eigenvalue weighted by molar-refractivity contribution is 0.0944. The molecule has 2 aliphatic rings. The van der Waals surface area contributed by atoms with Crippen LogP contribution in [0.1, 0.15) is 33.9 Å². The van der Waals surface area contributed by atoms with E-state index in [0.29, 0.717) is 17.5 Å². The Hall–Kier alpha value is -2.54. The number of benzene rings is 1. The summed E-state index contributed by atoms with van der Waals surface area (Å²) in [6, 6.07) is 10.0. The Balaban J connectivity index is 1.15. The number of thiazole rings is 1. The lowest BCUT2D eigenvalue weighted by atomic mass is 9.95. The first-order valence-electron chi connectivity index (χ1n) is 9.50. The SMILES string of the molecule is O=C(NCC1CN(c2cc3c(nn2)CCCC3)C1)c1nc2ccccc2s1. The van der Waals surface area contributed by atoms with Crippen LogP contribution in [0.2, 0.25) is 0 Å². The second-order valence-corrected chi connectivity index (χ2v) is 8.38. The lowest BCUT2D eigenvalue weighted by Gasteiger charge is -2.40. The predicted octanol–water partition coefficient (Wildman–Crippen LogP) is 2.83. The number of carbonyl (C=O) groups is 1. The number of hydrogen-bond acceptors (Lipinski definition) is 6. The molecule has 1 aromatic carbocycles. The summed E-state index contributed by atoms with van der Waals surface area (Å²) in [5, 5.41) is 12.4. The number of aromatic nitrogens is 3. The summed E-state index contributed by atoms with van der Waals surface area (Å²) < 4.78 is 1.04. The quantitative estimate of drug-likeness (QED) is 0.755. The molecule has 1 N–H and O–H groups in total. The highest BCUT2D eigenvalue weighted by Gasteiger charge is 2.29. The zero-order chi connectivity index (χ0) is 18.2. The van der Waals surface area contributed by atoms with Crippen molar-refractivity contribution >= 4 is 33.3 Å². The third kappa shape index (κ3) is 3.27. The molecule has 7 heteroatoms. The highest BCUT2D eigenvalue weighted by Crippen LogP contribution is 2.27. The van der Waals surface area contributed by atoms with Crippen molar-refractivity contribution in [2.45, 2.75) is 25.7 Å². The van der Waals surface area contributed by atoms with Gasteiger partial charge >= 0.3 is 0 Å². The van der Waals surface area contributed by atoms with Crippen LogP contribution >= 0.6 is 11.3 Å². The van der Waals surface area contributed by atoms with E-state index < -0.39 is 0 Å². The molecule has 0 unspecified atom stereocenters. The van der Waals surface area contributed by atoms with E-state index in [2.05, 4.69) is 31.5 Å². The van der Waals surface area contributed by atoms with Crippen molar-refractivity contribution < 1.29 is 4.79 Å². The number of hydrogen-bond donors (Lipinski definition) is 1. The zero-order valence-electron chi connectivity index (χ0n) is 15.0. The molecule has 0 spiro atoms. The molecule has 6 nitrogen and oxygen atoms in total. The van der Waals surface area contributed by atoms with Gasteiger partial charge in [0.05, 0.1) is 15.9 Å². The lowest BCUT2D eigenvalue weighted by Crippen LogP contribution is -2.52. The van der Waals surface area contributed by atoms with Gasteiger partial charge in [0, 0.05) is 25.6 Å². The molecular weight excluding hydrogens is 358 g/mol. The molecule has 0 saturated carbocycles. The summed E-state index contributed by atoms with van der Waals surface area (Å²) in [7, 11) is 0. The molecular formula is C20H21N5OS. The molecule has 3 aromatic rings. The summed E-state index contributed by atoms with van der Waals surface area (Å²) in [5.41, 5.74) is 3.41. The Kier molecular flexibility index (Phi) is 4.24. The van der Waals surface area contributed by atoms with Gasteiger partial charge in [0.1, 0.15) is 0 Å². The second-order valence-electron chi connectivity index (χ2n) is 7.35. The first-order valence-corrected chi connectivity index (χ1v) is 10.3. The number of para-hydroxylation sites is 1. The summed E-state index contributed by atoms with van der Waals surface area (Å²) in [5.74, 6) is 1.34. The molecule has 3 heterocycles. The Morgan fingerprint density at radius 2 is 2.04 bits per heavy atom. The molecule has 1 aliphatic heterocycles. The average Bonchev–Trinajstić information content (AvgIpc) is 3.11. The van der Waals surface area contributed by atoms with E-state index in [1.165, 1.54) is 35.4 Å². The average molecular weight is 379 g/mol. The van der Waals surface area contributed by atoms with Gasteiger partial charge in [-0.05, 0) is 49.4 Å². The van der Waals surface area contributed by atoms with E-state index in [4.69, 9.17) is 0 Å². The molecule has 5 rings (SSSR count). The summed E-state index contributed by atoms with van der Waals surface area (Å²) >= 11 is 1.44. The van der Waals surface area contributed by atoms with Gasteiger partial charge in [0.15, 0.2) is 10.8 Å². The van der Waals surface area contributed by atoms with Crippen LogP contribution in [0.4, 0.5) is 5.82 Å². The number of rotatable bonds is 4. The number of amides is 1. The van der Waals surface area contributed by atoms with Gasteiger partial charge in [-0.15, -0.1) is 16.4 Å². The highest BCUT2D eigenvalue weighted by atomic mass is 32.1. The molecule has 1 fully saturated rings. The van der Waals surface area contributed by atoms with Crippen LogP contribution in [0.25, 0.3) is 10.2 Å². The van der Waals surface area contributed by atoms with Gasteiger partial charge in [-0.3, -0.25) is 4.79 Å². The van der Waals surface area contributed by atoms with Crippen molar-refractivity contribution in [3.8, 4) is 0 Å². The van der Waals surface area contributed by atoms with Crippen LogP contribution < -0.4 is 10.2 Å². The molecule has 1 aliphatic carbocycles. The Morgan fingerprint density at radius 1 is 1.19 bits per heavy atom. The van der Waals surface area contributed by atoms with Crippen LogP contribution in [0.15, 0.2) is 30.3 Å². The van der Waals surface area contributed by atoms with Crippen LogP contribution in [-0.4, -0.2) is 40.7 Å². The van der Waals surface area contributed by atoms with Gasteiger partial charge in [-0.1, -0.05) is 12.1 Å². The number of carbonyl (C=O) groups excluding carboxylic acids is 1. The minimum Gasteiger partial charge on any atom is -0.354 e. The van der Waals surface area contributed by atoms with Crippen LogP contribution in [0, 0.1) is 5.92 Å². The predicted molar refractivity (Wildman–Crippen MR) is 106 cm³/mol. The summed E-state index contributed by atoms with van der Waals surface area (Å²) in [6.45, 7) is 2.49. The van der Waals surface area contributed by atoms with Crippen LogP contribution in [0.5, 0.6) is 0 Å². The van der Waals surface area contributed by atoms with E-state index in [-0.39, 0.29) is 5.91 Å². The first kappa shape index (κ1) is 16.6. The van der Waals surface area contributed by atoms with Gasteiger partial charge in [-0.25, -0.2) is 4.98 Å². The third-order valence-electron chi connectivity index (χ3n) is 5.38. The first-order chi connectivity index (χ1) is 13.3. The van der Waals surface area contributed by atoms with E-state index in [0.717, 1.165) is 42.0 Å². The largest absolute Gasteiger partial charge is 0.354 e. The van der Waals surface area contributed by atoms with Crippen molar-refractivity contribution in [3.05, 3.63) is 46.6 Å². The molecule has 1 saturated heterocycles. The number of nitrogens with zero attached hydrogens (tertiary/aromatic N) is 4. The zero-order valence-corrected chi connectivity index (χ0v) is 15.8. The fourth-order valence-corrected chi connectivity index (χ4v) is 4.68. The Bertz CT molecular complexity index is 962. The van der Waals surface area contributed by atoms with Crippen molar-refractivity contribution in [3.63, 3.8) is 0 Å². The maximum atomic E-state index is 12.4. The Labute approximate surface area is 161 Å². The van der Waals surface area contributed by atoms with Gasteiger partial charge < -0.3 is 10.2 Å². The standard InChI is InChI=1S/C20H21N5OS/c26-19(20-22-16-7-3-4-8-17(16)27-20)21-10-13-11-25(12-13)18-9-14-5-1-2-6-15(14)23-24-18/h3-4,7-9,13H,1-2,5-6,10-12H2,(H,21,26). The number of aryl methyl sites for hydroxylation is 2. The molecule has 0 radical (unpaired) electrons. The van der Waals surface area contributed by atoms with E-state index in [1.807, 2.05) is 24.3 Å². The van der Waals surface area contributed by atoms with Crippen LogP contribution in [0.3, 0.4) is 0 Å². The topological polar surface area (TPSA) is 71.0 Å². The molecule has 0 bridgehead atoms.